The highest BCUT2D eigenvalue weighted by Gasteiger charge is 2.56. The van der Waals surface area contributed by atoms with Crippen LogP contribution in [0.4, 0.5) is 43.8 Å². The SMILES string of the molecule is CC1(c2ccc(F)cn2)C(=O)Nc2nc(-c3cn4c(N)cnc4c(CCC(F)(F)C(F)(F)F)n3)nc(N)c21. The molecule has 5 rings (SSSR count). The summed E-state index contributed by atoms with van der Waals surface area (Å²) in [6.45, 7) is 1.50. The maximum absolute atomic E-state index is 13.6. The summed E-state index contributed by atoms with van der Waals surface area (Å²) in [5, 5.41) is 2.57. The predicted molar refractivity (Wildman–Crippen MR) is 121 cm³/mol. The Kier molecular flexibility index (Phi) is 5.47. The fourth-order valence-electron chi connectivity index (χ4n) is 4.20. The number of aromatic nitrogens is 6. The van der Waals surface area contributed by atoms with Gasteiger partial charge in [-0.1, -0.05) is 0 Å². The van der Waals surface area contributed by atoms with Gasteiger partial charge >= 0.3 is 12.1 Å². The van der Waals surface area contributed by atoms with Crippen LogP contribution in [-0.2, 0) is 16.6 Å². The molecule has 0 spiro atoms. The van der Waals surface area contributed by atoms with E-state index in [-0.39, 0.29) is 51.6 Å². The molecular weight excluding hydrogens is 520 g/mol. The third-order valence-electron chi connectivity index (χ3n) is 6.27. The zero-order valence-electron chi connectivity index (χ0n) is 19.3. The van der Waals surface area contributed by atoms with Crippen LogP contribution in [0.1, 0.15) is 30.3 Å². The van der Waals surface area contributed by atoms with Gasteiger partial charge < -0.3 is 16.8 Å². The fraction of sp³-hybridized carbons (Fsp3) is 0.273. The molecule has 4 aromatic heterocycles. The summed E-state index contributed by atoms with van der Waals surface area (Å²) in [5.74, 6) is -6.43. The number of pyridine rings is 1. The molecule has 5 heterocycles. The second-order valence-electron chi connectivity index (χ2n) is 8.75. The minimum absolute atomic E-state index is 0.00298. The number of hydrogen-bond donors (Lipinski definition) is 3. The number of alkyl halides is 5. The van der Waals surface area contributed by atoms with Crippen molar-refractivity contribution in [3.05, 3.63) is 53.5 Å². The monoisotopic (exact) mass is 537 g/mol. The summed E-state index contributed by atoms with van der Waals surface area (Å²) in [6.07, 6.45) is -4.69. The van der Waals surface area contributed by atoms with Gasteiger partial charge in [-0.15, -0.1) is 0 Å². The third kappa shape index (κ3) is 3.83. The van der Waals surface area contributed by atoms with Gasteiger partial charge in [0.15, 0.2) is 11.5 Å². The molecule has 0 aliphatic carbocycles. The average molecular weight is 537 g/mol. The van der Waals surface area contributed by atoms with Crippen molar-refractivity contribution >= 4 is 29.0 Å². The van der Waals surface area contributed by atoms with Crippen molar-refractivity contribution < 1.29 is 31.1 Å². The predicted octanol–water partition coefficient (Wildman–Crippen LogP) is 3.27. The Morgan fingerprint density at radius 1 is 1.05 bits per heavy atom. The Hall–Kier alpha value is -4.50. The van der Waals surface area contributed by atoms with Gasteiger partial charge in [0, 0.05) is 12.6 Å². The van der Waals surface area contributed by atoms with Crippen molar-refractivity contribution in [3.8, 4) is 11.5 Å². The normalized spacial score (nSPS) is 17.6. The molecular formula is C22H17F6N9O. The number of imidazole rings is 1. The van der Waals surface area contributed by atoms with Crippen molar-refractivity contribution in [1.29, 1.82) is 0 Å². The summed E-state index contributed by atoms with van der Waals surface area (Å²) in [6, 6.07) is 2.44. The molecule has 1 unspecified atom stereocenters. The fourth-order valence-corrected chi connectivity index (χ4v) is 4.20. The molecule has 0 saturated heterocycles. The number of nitrogens with one attached hydrogen (secondary N) is 1. The van der Waals surface area contributed by atoms with E-state index in [0.717, 1.165) is 12.3 Å². The number of aryl methyl sites for hydroxylation is 1. The molecule has 1 aliphatic rings. The number of rotatable bonds is 5. The molecule has 38 heavy (non-hydrogen) atoms. The largest absolute Gasteiger partial charge is 0.453 e. The number of fused-ring (bicyclic) bond motifs is 2. The molecule has 16 heteroatoms. The van der Waals surface area contributed by atoms with Crippen LogP contribution in [0.15, 0.2) is 30.7 Å². The van der Waals surface area contributed by atoms with E-state index < -0.39 is 42.1 Å². The number of carbonyl (C=O) groups is 1. The minimum atomic E-state index is -5.74. The molecule has 0 aromatic carbocycles. The molecule has 0 saturated carbocycles. The molecule has 1 aliphatic heterocycles. The summed E-state index contributed by atoms with van der Waals surface area (Å²) in [4.78, 5) is 33.6. The molecule has 0 fully saturated rings. The number of amides is 1. The summed E-state index contributed by atoms with van der Waals surface area (Å²) in [7, 11) is 0. The van der Waals surface area contributed by atoms with Gasteiger partial charge in [-0.2, -0.15) is 22.0 Å². The van der Waals surface area contributed by atoms with E-state index in [9.17, 15) is 31.1 Å². The van der Waals surface area contributed by atoms with Gasteiger partial charge in [0.1, 0.15) is 34.4 Å². The van der Waals surface area contributed by atoms with Crippen molar-refractivity contribution in [1.82, 2.24) is 29.3 Å². The van der Waals surface area contributed by atoms with Gasteiger partial charge in [-0.3, -0.25) is 14.2 Å². The van der Waals surface area contributed by atoms with Crippen LogP contribution < -0.4 is 16.8 Å². The average Bonchev–Trinajstić information content (AvgIpc) is 3.34. The van der Waals surface area contributed by atoms with Gasteiger partial charge in [0.05, 0.1) is 29.3 Å². The maximum Gasteiger partial charge on any atom is 0.453 e. The lowest BCUT2D eigenvalue weighted by molar-refractivity contribution is -0.284. The van der Waals surface area contributed by atoms with Gasteiger partial charge in [0.25, 0.3) is 0 Å². The maximum atomic E-state index is 13.6. The lowest BCUT2D eigenvalue weighted by Crippen LogP contribution is -2.36. The number of hydrogen-bond acceptors (Lipinski definition) is 8. The van der Waals surface area contributed by atoms with Crippen molar-refractivity contribution in [2.24, 2.45) is 0 Å². The Morgan fingerprint density at radius 3 is 2.45 bits per heavy atom. The van der Waals surface area contributed by atoms with E-state index in [1.165, 1.54) is 29.8 Å². The molecule has 0 radical (unpaired) electrons. The molecule has 5 N–H and O–H groups in total. The quantitative estimate of drug-likeness (QED) is 0.329. The van der Waals surface area contributed by atoms with Crippen LogP contribution in [0.25, 0.3) is 17.2 Å². The van der Waals surface area contributed by atoms with Crippen molar-refractivity contribution in [2.45, 2.75) is 37.3 Å². The number of halogens is 6. The second-order valence-corrected chi connectivity index (χ2v) is 8.75. The van der Waals surface area contributed by atoms with Crippen molar-refractivity contribution in [3.63, 3.8) is 0 Å². The van der Waals surface area contributed by atoms with Crippen LogP contribution in [-0.4, -0.2) is 47.3 Å². The standard InChI is InChI=1S/C22H17F6N9O/c1-20(12-3-2-9(23)6-31-12)14-15(30)34-16(35-17(14)36-19(20)38)11-8-37-13(29)7-32-18(37)10(33-11)4-5-21(24,25)22(26,27)28/h2-3,6-8H,4-5,29H2,1H3,(H3,30,34,35,36,38). The molecule has 10 nitrogen and oxygen atoms in total. The lowest BCUT2D eigenvalue weighted by atomic mass is 9.81. The molecule has 1 atom stereocenters. The topological polar surface area (TPSA) is 150 Å². The Balaban J connectivity index is 1.59. The van der Waals surface area contributed by atoms with Crippen LogP contribution >= 0.6 is 0 Å². The van der Waals surface area contributed by atoms with Crippen LogP contribution in [0.3, 0.4) is 0 Å². The first-order chi connectivity index (χ1) is 17.7. The summed E-state index contributed by atoms with van der Waals surface area (Å²) in [5.41, 5.74) is 10.6. The Morgan fingerprint density at radius 2 is 1.79 bits per heavy atom. The van der Waals surface area contributed by atoms with E-state index in [1.807, 2.05) is 0 Å². The number of anilines is 3. The third-order valence-corrected chi connectivity index (χ3v) is 6.27. The highest BCUT2D eigenvalue weighted by molar-refractivity contribution is 6.08. The molecule has 198 valence electrons. The van der Waals surface area contributed by atoms with E-state index in [2.05, 4.69) is 30.2 Å². The van der Waals surface area contributed by atoms with E-state index in [4.69, 9.17) is 11.5 Å². The Bertz CT molecular complexity index is 1590. The van der Waals surface area contributed by atoms with Gasteiger partial charge in [0.2, 0.25) is 5.91 Å². The van der Waals surface area contributed by atoms with Crippen molar-refractivity contribution in [2.75, 3.05) is 16.8 Å². The van der Waals surface area contributed by atoms with E-state index >= 15 is 0 Å². The number of nitrogens with two attached hydrogens (primary N) is 2. The minimum Gasteiger partial charge on any atom is -0.383 e. The van der Waals surface area contributed by atoms with Crippen LogP contribution in [0.2, 0.25) is 0 Å². The highest BCUT2D eigenvalue weighted by Crippen LogP contribution is 2.44. The number of nitrogen functional groups attached to an aromatic ring is 2. The van der Waals surface area contributed by atoms with Crippen LogP contribution in [0, 0.1) is 5.82 Å². The smallest absolute Gasteiger partial charge is 0.383 e. The van der Waals surface area contributed by atoms with E-state index in [1.54, 1.807) is 0 Å². The summed E-state index contributed by atoms with van der Waals surface area (Å²) >= 11 is 0. The molecule has 0 bridgehead atoms. The molecule has 1 amide bonds. The number of carbonyl (C=O) groups excluding carboxylic acids is 1. The highest BCUT2D eigenvalue weighted by atomic mass is 19.4. The van der Waals surface area contributed by atoms with Gasteiger partial charge in [-0.05, 0) is 25.5 Å². The zero-order chi connectivity index (χ0) is 27.6. The lowest BCUT2D eigenvalue weighted by Gasteiger charge is -2.22. The van der Waals surface area contributed by atoms with Gasteiger partial charge in [-0.25, -0.2) is 24.3 Å². The Labute approximate surface area is 209 Å². The van der Waals surface area contributed by atoms with E-state index in [0.29, 0.717) is 0 Å². The zero-order valence-corrected chi connectivity index (χ0v) is 19.3. The molecule has 4 aromatic rings. The first-order valence-corrected chi connectivity index (χ1v) is 10.9. The first kappa shape index (κ1) is 25.2. The number of nitrogens with zero attached hydrogens (tertiary/aromatic N) is 6. The van der Waals surface area contributed by atoms with Crippen LogP contribution in [0.5, 0.6) is 0 Å². The first-order valence-electron chi connectivity index (χ1n) is 10.9. The second kappa shape index (κ2) is 8.26. The summed E-state index contributed by atoms with van der Waals surface area (Å²) < 4.78 is 80.0.